The van der Waals surface area contributed by atoms with Gasteiger partial charge in [-0.25, -0.2) is 0 Å². The molecule has 1 unspecified atom stereocenters. The molecule has 0 aromatic rings. The van der Waals surface area contributed by atoms with E-state index in [-0.39, 0.29) is 12.5 Å². The Labute approximate surface area is 84.7 Å². The van der Waals surface area contributed by atoms with Crippen LogP contribution >= 0.6 is 0 Å². The standard InChI is InChI=1S/C10H18N2O2/c1-3-5-12(6-4-2)8-9(11)7-10(13)14/h3-4,9H,1-2,5-8,11H2,(H,13,14). The predicted octanol–water partition coefficient (Wildman–Crippen LogP) is 0.462. The first-order chi connectivity index (χ1) is 6.60. The molecule has 0 spiro atoms. The van der Waals surface area contributed by atoms with Crippen LogP contribution in [0.5, 0.6) is 0 Å². The van der Waals surface area contributed by atoms with E-state index in [4.69, 9.17) is 10.8 Å². The summed E-state index contributed by atoms with van der Waals surface area (Å²) in [6, 6.07) is -0.340. The third-order valence-electron chi connectivity index (χ3n) is 1.70. The topological polar surface area (TPSA) is 66.6 Å². The molecule has 4 nitrogen and oxygen atoms in total. The van der Waals surface area contributed by atoms with Crippen molar-refractivity contribution in [2.24, 2.45) is 5.73 Å². The van der Waals surface area contributed by atoms with Gasteiger partial charge in [-0.05, 0) is 0 Å². The van der Waals surface area contributed by atoms with E-state index < -0.39 is 5.97 Å². The summed E-state index contributed by atoms with van der Waals surface area (Å²) in [5.74, 6) is -0.866. The smallest absolute Gasteiger partial charge is 0.304 e. The minimum atomic E-state index is -0.866. The molecule has 0 saturated carbocycles. The van der Waals surface area contributed by atoms with Gasteiger partial charge in [0.15, 0.2) is 0 Å². The zero-order valence-corrected chi connectivity index (χ0v) is 8.35. The lowest BCUT2D eigenvalue weighted by Crippen LogP contribution is -2.39. The van der Waals surface area contributed by atoms with Crippen molar-refractivity contribution >= 4 is 5.97 Å². The number of carboxylic acids is 1. The molecule has 3 N–H and O–H groups in total. The van der Waals surface area contributed by atoms with Crippen molar-refractivity contribution in [2.45, 2.75) is 12.5 Å². The summed E-state index contributed by atoms with van der Waals surface area (Å²) in [5.41, 5.74) is 5.64. The highest BCUT2D eigenvalue weighted by Gasteiger charge is 2.11. The fourth-order valence-electron chi connectivity index (χ4n) is 1.21. The van der Waals surface area contributed by atoms with Crippen LogP contribution in [0.2, 0.25) is 0 Å². The van der Waals surface area contributed by atoms with Gasteiger partial charge >= 0.3 is 5.97 Å². The minimum Gasteiger partial charge on any atom is -0.481 e. The van der Waals surface area contributed by atoms with E-state index in [1.807, 2.05) is 4.90 Å². The third-order valence-corrected chi connectivity index (χ3v) is 1.70. The molecule has 0 heterocycles. The molecule has 0 bridgehead atoms. The van der Waals surface area contributed by atoms with Crippen molar-refractivity contribution in [2.75, 3.05) is 19.6 Å². The Morgan fingerprint density at radius 1 is 1.43 bits per heavy atom. The monoisotopic (exact) mass is 198 g/mol. The summed E-state index contributed by atoms with van der Waals surface area (Å²) in [7, 11) is 0. The van der Waals surface area contributed by atoms with Gasteiger partial charge in [0, 0.05) is 25.7 Å². The zero-order chi connectivity index (χ0) is 11.0. The van der Waals surface area contributed by atoms with Crippen molar-refractivity contribution < 1.29 is 9.90 Å². The Hall–Kier alpha value is -1.13. The molecule has 1 atom stereocenters. The molecule has 0 aromatic heterocycles. The van der Waals surface area contributed by atoms with Gasteiger partial charge in [0.1, 0.15) is 0 Å². The Balaban J connectivity index is 3.93. The van der Waals surface area contributed by atoms with Crippen LogP contribution in [0.15, 0.2) is 25.3 Å². The quantitative estimate of drug-likeness (QED) is 0.556. The molecule has 0 aliphatic rings. The second kappa shape index (κ2) is 7.29. The van der Waals surface area contributed by atoms with Crippen molar-refractivity contribution in [1.82, 2.24) is 4.90 Å². The number of aliphatic carboxylic acids is 1. The Morgan fingerprint density at radius 3 is 2.29 bits per heavy atom. The summed E-state index contributed by atoms with van der Waals surface area (Å²) in [6.45, 7) is 9.17. The predicted molar refractivity (Wildman–Crippen MR) is 57.1 cm³/mol. The summed E-state index contributed by atoms with van der Waals surface area (Å²) in [5, 5.41) is 8.52. The van der Waals surface area contributed by atoms with Crippen LogP contribution in [-0.4, -0.2) is 41.7 Å². The highest BCUT2D eigenvalue weighted by Crippen LogP contribution is 1.95. The van der Waals surface area contributed by atoms with Gasteiger partial charge in [-0.1, -0.05) is 12.2 Å². The summed E-state index contributed by atoms with van der Waals surface area (Å²) in [6.07, 6.45) is 3.51. The lowest BCUT2D eigenvalue weighted by atomic mass is 10.2. The maximum atomic E-state index is 10.4. The van der Waals surface area contributed by atoms with Crippen LogP contribution in [0, 0.1) is 0 Å². The highest BCUT2D eigenvalue weighted by molar-refractivity contribution is 5.67. The van der Waals surface area contributed by atoms with Crippen molar-refractivity contribution in [3.63, 3.8) is 0 Å². The molecule has 0 saturated heterocycles. The summed E-state index contributed by atoms with van der Waals surface area (Å²) >= 11 is 0. The molecular weight excluding hydrogens is 180 g/mol. The second-order valence-corrected chi connectivity index (χ2v) is 3.15. The number of hydrogen-bond donors (Lipinski definition) is 2. The van der Waals surface area contributed by atoms with Gasteiger partial charge in [-0.3, -0.25) is 9.69 Å². The largest absolute Gasteiger partial charge is 0.481 e. The van der Waals surface area contributed by atoms with Gasteiger partial charge in [0.25, 0.3) is 0 Å². The van der Waals surface area contributed by atoms with Crippen LogP contribution < -0.4 is 5.73 Å². The molecule has 0 aromatic carbocycles. The van der Waals surface area contributed by atoms with Gasteiger partial charge < -0.3 is 10.8 Å². The van der Waals surface area contributed by atoms with E-state index in [0.29, 0.717) is 19.6 Å². The first-order valence-electron chi connectivity index (χ1n) is 4.51. The van der Waals surface area contributed by atoms with Crippen molar-refractivity contribution in [3.8, 4) is 0 Å². The van der Waals surface area contributed by atoms with E-state index in [2.05, 4.69) is 13.2 Å². The van der Waals surface area contributed by atoms with E-state index in [9.17, 15) is 4.79 Å². The van der Waals surface area contributed by atoms with Crippen LogP contribution in [0.3, 0.4) is 0 Å². The molecule has 0 aliphatic carbocycles. The van der Waals surface area contributed by atoms with E-state index >= 15 is 0 Å². The number of hydrogen-bond acceptors (Lipinski definition) is 3. The van der Waals surface area contributed by atoms with Crippen LogP contribution in [0.1, 0.15) is 6.42 Å². The summed E-state index contributed by atoms with van der Waals surface area (Å²) < 4.78 is 0. The van der Waals surface area contributed by atoms with Gasteiger partial charge in [0.05, 0.1) is 6.42 Å². The molecule has 14 heavy (non-hydrogen) atoms. The fourth-order valence-corrected chi connectivity index (χ4v) is 1.21. The number of carbonyl (C=O) groups is 1. The average molecular weight is 198 g/mol. The maximum absolute atomic E-state index is 10.4. The van der Waals surface area contributed by atoms with E-state index in [0.717, 1.165) is 0 Å². The average Bonchev–Trinajstić information content (AvgIpc) is 2.03. The molecular formula is C10H18N2O2. The minimum absolute atomic E-state index is 0.00914. The molecule has 4 heteroatoms. The Morgan fingerprint density at radius 2 is 1.93 bits per heavy atom. The van der Waals surface area contributed by atoms with Crippen LogP contribution in [-0.2, 0) is 4.79 Å². The van der Waals surface area contributed by atoms with Gasteiger partial charge in [-0.2, -0.15) is 0 Å². The molecule has 0 rings (SSSR count). The molecule has 0 amide bonds. The van der Waals surface area contributed by atoms with Crippen molar-refractivity contribution in [1.29, 1.82) is 0 Å². The van der Waals surface area contributed by atoms with Crippen LogP contribution in [0.4, 0.5) is 0 Å². The van der Waals surface area contributed by atoms with E-state index in [1.54, 1.807) is 12.2 Å². The van der Waals surface area contributed by atoms with Crippen LogP contribution in [0.25, 0.3) is 0 Å². The van der Waals surface area contributed by atoms with E-state index in [1.165, 1.54) is 0 Å². The third kappa shape index (κ3) is 6.39. The molecule has 0 fully saturated rings. The lowest BCUT2D eigenvalue weighted by Gasteiger charge is -2.21. The fraction of sp³-hybridized carbons (Fsp3) is 0.500. The normalized spacial score (nSPS) is 12.4. The SMILES string of the molecule is C=CCN(CC=C)CC(N)CC(=O)O. The second-order valence-electron chi connectivity index (χ2n) is 3.15. The highest BCUT2D eigenvalue weighted by atomic mass is 16.4. The molecule has 0 radical (unpaired) electrons. The molecule has 0 aliphatic heterocycles. The molecule has 80 valence electrons. The first kappa shape index (κ1) is 12.9. The lowest BCUT2D eigenvalue weighted by molar-refractivity contribution is -0.137. The summed E-state index contributed by atoms with van der Waals surface area (Å²) in [4.78, 5) is 12.4. The number of rotatable bonds is 8. The number of nitrogens with zero attached hydrogens (tertiary/aromatic N) is 1. The Bertz CT molecular complexity index is 194. The number of carboxylic acid groups (broad SMARTS) is 1. The Kier molecular flexibility index (Phi) is 6.70. The van der Waals surface area contributed by atoms with Gasteiger partial charge in [-0.15, -0.1) is 13.2 Å². The van der Waals surface area contributed by atoms with Crippen molar-refractivity contribution in [3.05, 3.63) is 25.3 Å². The zero-order valence-electron chi connectivity index (χ0n) is 8.35. The number of nitrogens with two attached hydrogens (primary N) is 1. The first-order valence-corrected chi connectivity index (χ1v) is 4.51. The maximum Gasteiger partial charge on any atom is 0.304 e. The van der Waals surface area contributed by atoms with Gasteiger partial charge in [0.2, 0.25) is 0 Å².